The molecule has 182 valence electrons. The lowest BCUT2D eigenvalue weighted by Crippen LogP contribution is -2.38. The van der Waals surface area contributed by atoms with Gasteiger partial charge < -0.3 is 0 Å². The Kier molecular flexibility index (Phi) is 18.1. The van der Waals surface area contributed by atoms with Crippen LogP contribution in [0.25, 0.3) is 0 Å². The third-order valence-electron chi connectivity index (χ3n) is 6.79. The van der Waals surface area contributed by atoms with Crippen LogP contribution in [-0.4, -0.2) is 4.57 Å². The molecule has 0 aliphatic heterocycles. The highest BCUT2D eigenvalue weighted by atomic mass is 15.1. The molecule has 1 heterocycles. The van der Waals surface area contributed by atoms with E-state index in [0.717, 1.165) is 0 Å². The minimum absolute atomic E-state index is 0.609. The average Bonchev–Trinajstić information content (AvgIpc) is 3.16. The van der Waals surface area contributed by atoms with Crippen molar-refractivity contribution in [1.29, 1.82) is 0 Å². The number of rotatable bonds is 22. The molecule has 1 aromatic heterocycles. The summed E-state index contributed by atoms with van der Waals surface area (Å²) in [7, 11) is 0. The molecule has 0 spiro atoms. The average molecular weight is 434 g/mol. The Balaban J connectivity index is 1.98. The highest BCUT2D eigenvalue weighted by molar-refractivity contribution is 4.89. The number of nitrogens with zero attached hydrogens (tertiary/aromatic N) is 2. The van der Waals surface area contributed by atoms with Gasteiger partial charge in [0.05, 0.1) is 19.0 Å². The zero-order chi connectivity index (χ0) is 22.6. The van der Waals surface area contributed by atoms with Gasteiger partial charge in [-0.05, 0) is 25.7 Å². The molecule has 0 aliphatic carbocycles. The molecule has 0 N–H and O–H groups in total. The van der Waals surface area contributed by atoms with Crippen molar-refractivity contribution in [2.75, 3.05) is 0 Å². The van der Waals surface area contributed by atoms with Crippen molar-refractivity contribution in [3.63, 3.8) is 0 Å². The molecule has 0 radical (unpaired) electrons. The SMILES string of the molecule is CCCCCCCCCCCCCCCCCCn1cc[n+](CCCCC)c1C(C)C. The van der Waals surface area contributed by atoms with E-state index in [-0.39, 0.29) is 0 Å². The van der Waals surface area contributed by atoms with Gasteiger partial charge in [-0.25, -0.2) is 9.13 Å². The van der Waals surface area contributed by atoms with Gasteiger partial charge in [0.25, 0.3) is 5.82 Å². The Bertz CT molecular complexity index is 503. The lowest BCUT2D eigenvalue weighted by Gasteiger charge is -2.08. The van der Waals surface area contributed by atoms with Crippen LogP contribution in [0, 0.1) is 0 Å². The monoisotopic (exact) mass is 433 g/mol. The fraction of sp³-hybridized carbons (Fsp3) is 0.897. The van der Waals surface area contributed by atoms with Crippen LogP contribution in [0.15, 0.2) is 12.4 Å². The number of hydrogen-bond acceptors (Lipinski definition) is 0. The molecule has 1 aromatic rings. The lowest BCUT2D eigenvalue weighted by molar-refractivity contribution is -0.705. The van der Waals surface area contributed by atoms with Gasteiger partial charge in [0.15, 0.2) is 0 Å². The van der Waals surface area contributed by atoms with Gasteiger partial charge in [-0.1, -0.05) is 124 Å². The van der Waals surface area contributed by atoms with E-state index in [9.17, 15) is 0 Å². The molecule has 0 amide bonds. The smallest absolute Gasteiger partial charge is 0.234 e. The summed E-state index contributed by atoms with van der Waals surface area (Å²) >= 11 is 0. The molecule has 2 nitrogen and oxygen atoms in total. The van der Waals surface area contributed by atoms with Gasteiger partial charge >= 0.3 is 0 Å². The van der Waals surface area contributed by atoms with Crippen LogP contribution in [0.3, 0.4) is 0 Å². The number of aryl methyl sites for hydroxylation is 2. The maximum absolute atomic E-state index is 2.53. The number of aromatic nitrogens is 2. The predicted octanol–water partition coefficient (Wildman–Crippen LogP) is 9.35. The second kappa shape index (κ2) is 19.9. The molecule has 0 unspecified atom stereocenters. The second-order valence-electron chi connectivity index (χ2n) is 10.2. The molecule has 0 atom stereocenters. The van der Waals surface area contributed by atoms with E-state index < -0.39 is 0 Å². The largest absolute Gasteiger partial charge is 0.258 e. The third kappa shape index (κ3) is 14.1. The summed E-state index contributed by atoms with van der Waals surface area (Å²) in [5.74, 6) is 2.13. The van der Waals surface area contributed by atoms with Crippen LogP contribution in [0.1, 0.15) is 161 Å². The topological polar surface area (TPSA) is 8.81 Å². The number of hydrogen-bond donors (Lipinski definition) is 0. The first kappa shape index (κ1) is 28.2. The summed E-state index contributed by atoms with van der Waals surface area (Å²) in [6.07, 6.45) is 31.7. The van der Waals surface area contributed by atoms with Crippen LogP contribution >= 0.6 is 0 Å². The molecule has 0 fully saturated rings. The zero-order valence-corrected chi connectivity index (χ0v) is 22.0. The van der Waals surface area contributed by atoms with Crippen molar-refractivity contribution in [3.05, 3.63) is 18.2 Å². The second-order valence-corrected chi connectivity index (χ2v) is 10.2. The van der Waals surface area contributed by atoms with Crippen molar-refractivity contribution in [2.45, 2.75) is 169 Å². The molecular formula is C29H57N2+. The van der Waals surface area contributed by atoms with Gasteiger partial charge in [-0.15, -0.1) is 0 Å². The summed E-state index contributed by atoms with van der Waals surface area (Å²) in [6, 6.07) is 0. The first-order chi connectivity index (χ1) is 15.2. The fourth-order valence-electron chi connectivity index (χ4n) is 4.88. The van der Waals surface area contributed by atoms with Gasteiger partial charge in [0, 0.05) is 0 Å². The van der Waals surface area contributed by atoms with Crippen molar-refractivity contribution < 1.29 is 4.57 Å². The van der Waals surface area contributed by atoms with Crippen molar-refractivity contribution >= 4 is 0 Å². The van der Waals surface area contributed by atoms with E-state index in [1.54, 1.807) is 0 Å². The summed E-state index contributed by atoms with van der Waals surface area (Å²) < 4.78 is 5.03. The van der Waals surface area contributed by atoms with E-state index >= 15 is 0 Å². The van der Waals surface area contributed by atoms with Crippen LogP contribution in [0.4, 0.5) is 0 Å². The van der Waals surface area contributed by atoms with E-state index in [4.69, 9.17) is 0 Å². The maximum atomic E-state index is 2.53. The van der Waals surface area contributed by atoms with Crippen LogP contribution < -0.4 is 4.57 Å². The maximum Gasteiger partial charge on any atom is 0.258 e. The van der Waals surface area contributed by atoms with Crippen LogP contribution in [0.5, 0.6) is 0 Å². The van der Waals surface area contributed by atoms with Gasteiger partial charge in [-0.3, -0.25) is 0 Å². The molecule has 2 heteroatoms. The zero-order valence-electron chi connectivity index (χ0n) is 22.0. The molecule has 0 saturated heterocycles. The summed E-state index contributed by atoms with van der Waals surface area (Å²) in [4.78, 5) is 0. The first-order valence-electron chi connectivity index (χ1n) is 14.3. The van der Waals surface area contributed by atoms with Gasteiger partial charge in [0.2, 0.25) is 0 Å². The van der Waals surface area contributed by atoms with E-state index in [0.29, 0.717) is 5.92 Å². The molecule has 0 aliphatic rings. The number of imidazole rings is 1. The summed E-state index contributed by atoms with van der Waals surface area (Å²) in [5, 5.41) is 0. The van der Waals surface area contributed by atoms with Crippen molar-refractivity contribution in [3.8, 4) is 0 Å². The molecule has 31 heavy (non-hydrogen) atoms. The van der Waals surface area contributed by atoms with Gasteiger partial charge in [-0.2, -0.15) is 0 Å². The Hall–Kier alpha value is -0.790. The number of unbranched alkanes of at least 4 members (excludes halogenated alkanes) is 17. The molecule has 1 rings (SSSR count). The van der Waals surface area contributed by atoms with Crippen LogP contribution in [-0.2, 0) is 13.1 Å². The fourth-order valence-corrected chi connectivity index (χ4v) is 4.88. The van der Waals surface area contributed by atoms with Crippen LogP contribution in [0.2, 0.25) is 0 Å². The summed E-state index contributed by atoms with van der Waals surface area (Å²) in [5.41, 5.74) is 0. The van der Waals surface area contributed by atoms with E-state index in [2.05, 4.69) is 49.2 Å². The normalized spacial score (nSPS) is 11.6. The van der Waals surface area contributed by atoms with Crippen molar-refractivity contribution in [1.82, 2.24) is 4.57 Å². The summed E-state index contributed by atoms with van der Waals surface area (Å²) in [6.45, 7) is 11.7. The third-order valence-corrected chi connectivity index (χ3v) is 6.79. The van der Waals surface area contributed by atoms with E-state index in [1.165, 1.54) is 141 Å². The predicted molar refractivity (Wildman–Crippen MR) is 138 cm³/mol. The van der Waals surface area contributed by atoms with Crippen molar-refractivity contribution in [2.24, 2.45) is 0 Å². The Labute approximate surface area is 196 Å². The standard InChI is InChI=1S/C29H57N2/c1-5-7-9-10-11-12-13-14-15-16-17-18-19-20-21-23-25-31-27-26-30(24-22-8-6-2)29(31)28(3)4/h26-28H,5-25H2,1-4H3/q+1. The minimum atomic E-state index is 0.609. The first-order valence-corrected chi connectivity index (χ1v) is 14.3. The highest BCUT2D eigenvalue weighted by Crippen LogP contribution is 2.15. The molecule has 0 bridgehead atoms. The molecule has 0 aromatic carbocycles. The Morgan fingerprint density at radius 1 is 0.613 bits per heavy atom. The minimum Gasteiger partial charge on any atom is -0.234 e. The Morgan fingerprint density at radius 2 is 1.03 bits per heavy atom. The quantitative estimate of drug-likeness (QED) is 0.127. The lowest BCUT2D eigenvalue weighted by atomic mass is 10.0. The van der Waals surface area contributed by atoms with Gasteiger partial charge in [0.1, 0.15) is 12.4 Å². The highest BCUT2D eigenvalue weighted by Gasteiger charge is 2.19. The Morgan fingerprint density at radius 3 is 1.48 bits per heavy atom. The molecule has 0 saturated carbocycles. The molecular weight excluding hydrogens is 376 g/mol. The van der Waals surface area contributed by atoms with E-state index in [1.807, 2.05) is 0 Å².